The molecule has 2 aromatic rings. The van der Waals surface area contributed by atoms with Crippen LogP contribution in [0.5, 0.6) is 0 Å². The van der Waals surface area contributed by atoms with E-state index in [1.807, 2.05) is 58.3 Å². The van der Waals surface area contributed by atoms with Gasteiger partial charge in [0, 0.05) is 49.3 Å². The van der Waals surface area contributed by atoms with Crippen molar-refractivity contribution in [2.75, 3.05) is 26.2 Å². The van der Waals surface area contributed by atoms with Crippen molar-refractivity contribution in [2.45, 2.75) is 52.4 Å². The Kier molecular flexibility index (Phi) is 8.82. The molecular formula is C29H36N6O2. The Hall–Kier alpha value is -3.81. The molecule has 0 bridgehead atoms. The highest BCUT2D eigenvalue weighted by atomic mass is 16.2. The zero-order chi connectivity index (χ0) is 26.2. The number of likely N-dealkylation sites (tertiary alicyclic amines) is 1. The molecule has 4 rings (SSSR count). The molecule has 8 nitrogen and oxygen atoms in total. The third-order valence-electron chi connectivity index (χ3n) is 6.79. The summed E-state index contributed by atoms with van der Waals surface area (Å²) in [6, 6.07) is 13.7. The van der Waals surface area contributed by atoms with E-state index in [-0.39, 0.29) is 18.2 Å². The van der Waals surface area contributed by atoms with Gasteiger partial charge in [0.1, 0.15) is 0 Å². The van der Waals surface area contributed by atoms with Gasteiger partial charge < -0.3 is 15.6 Å². The van der Waals surface area contributed by atoms with Crippen molar-refractivity contribution in [3.05, 3.63) is 59.2 Å². The Morgan fingerprint density at radius 3 is 2.30 bits per heavy atom. The highest BCUT2D eigenvalue weighted by Gasteiger charge is 2.22. The minimum Gasteiger partial charge on any atom is -0.339 e. The van der Waals surface area contributed by atoms with Crippen LogP contribution in [0.25, 0.3) is 17.2 Å². The van der Waals surface area contributed by atoms with E-state index in [9.17, 15) is 9.59 Å². The molecule has 2 aliphatic heterocycles. The average Bonchev–Trinajstić information content (AvgIpc) is 3.11. The van der Waals surface area contributed by atoms with Gasteiger partial charge >= 0.3 is 0 Å². The predicted molar refractivity (Wildman–Crippen MR) is 148 cm³/mol. The molecule has 1 saturated heterocycles. The van der Waals surface area contributed by atoms with Gasteiger partial charge in [-0.25, -0.2) is 4.99 Å². The van der Waals surface area contributed by atoms with Crippen molar-refractivity contribution in [3.63, 3.8) is 0 Å². The molecule has 0 radical (unpaired) electrons. The third kappa shape index (κ3) is 6.31. The predicted octanol–water partition coefficient (Wildman–Crippen LogP) is 5.77. The molecule has 0 aromatic heterocycles. The first-order valence-electron chi connectivity index (χ1n) is 13.3. The van der Waals surface area contributed by atoms with Crippen LogP contribution in [0.1, 0.15) is 68.3 Å². The number of carbonyl (C=O) groups is 2. The van der Waals surface area contributed by atoms with Gasteiger partial charge in [-0.1, -0.05) is 43.3 Å². The van der Waals surface area contributed by atoms with Gasteiger partial charge in [0.05, 0.1) is 5.69 Å². The van der Waals surface area contributed by atoms with Crippen LogP contribution in [-0.4, -0.2) is 53.6 Å². The maximum Gasteiger partial charge on any atom is 0.253 e. The summed E-state index contributed by atoms with van der Waals surface area (Å²) in [5.41, 5.74) is 4.83. The van der Waals surface area contributed by atoms with E-state index >= 15 is 0 Å². The fourth-order valence-electron chi connectivity index (χ4n) is 4.93. The average molecular weight is 501 g/mol. The maximum atomic E-state index is 13.3. The van der Waals surface area contributed by atoms with E-state index in [1.54, 1.807) is 0 Å². The first-order valence-corrected chi connectivity index (χ1v) is 13.3. The third-order valence-corrected chi connectivity index (χ3v) is 6.79. The minimum absolute atomic E-state index is 0.00508. The Balaban J connectivity index is 1.62. The summed E-state index contributed by atoms with van der Waals surface area (Å²) in [5, 5.41) is 7.44. The van der Waals surface area contributed by atoms with Crippen LogP contribution < -0.4 is 5.84 Å². The Morgan fingerprint density at radius 2 is 1.65 bits per heavy atom. The first kappa shape index (κ1) is 26.3. The molecule has 2 aromatic carbocycles. The van der Waals surface area contributed by atoms with Crippen LogP contribution in [0.3, 0.4) is 0 Å². The van der Waals surface area contributed by atoms with E-state index in [2.05, 4.69) is 24.2 Å². The fraction of sp³-hybridized carbons (Fsp3) is 0.414. The highest BCUT2D eigenvalue weighted by Crippen LogP contribution is 2.33. The zero-order valence-corrected chi connectivity index (χ0v) is 21.8. The molecule has 0 atom stereocenters. The number of aliphatic imine (C=N–C) groups is 1. The van der Waals surface area contributed by atoms with Crippen LogP contribution in [0, 0.1) is 0 Å². The quantitative estimate of drug-likeness (QED) is 0.296. The van der Waals surface area contributed by atoms with Crippen LogP contribution in [-0.2, 0) is 4.79 Å². The number of benzene rings is 2. The number of amidine groups is 1. The second-order valence-corrected chi connectivity index (χ2v) is 9.59. The molecule has 2 amide bonds. The number of fused-ring (bicyclic) bond motifs is 1. The summed E-state index contributed by atoms with van der Waals surface area (Å²) >= 11 is 0. The van der Waals surface area contributed by atoms with Gasteiger partial charge in [-0.05, 0) is 67.5 Å². The van der Waals surface area contributed by atoms with Crippen molar-refractivity contribution in [2.24, 2.45) is 21.2 Å². The number of piperidine rings is 1. The Labute approximate surface area is 218 Å². The molecule has 194 valence electrons. The molecule has 2 aliphatic rings. The van der Waals surface area contributed by atoms with Crippen molar-refractivity contribution in [1.82, 2.24) is 9.80 Å². The molecule has 0 saturated carbocycles. The number of carbonyl (C=O) groups excluding carboxylic acids is 2. The molecule has 0 spiro atoms. The lowest BCUT2D eigenvalue weighted by atomic mass is 9.99. The van der Waals surface area contributed by atoms with Gasteiger partial charge in [0.25, 0.3) is 5.91 Å². The summed E-state index contributed by atoms with van der Waals surface area (Å²) in [6.07, 6.45) is 7.29. The summed E-state index contributed by atoms with van der Waals surface area (Å²) in [7, 11) is 0. The Bertz CT molecular complexity index is 1200. The molecule has 8 heteroatoms. The summed E-state index contributed by atoms with van der Waals surface area (Å²) < 4.78 is 0. The molecule has 0 aliphatic carbocycles. The molecule has 1 fully saturated rings. The van der Waals surface area contributed by atoms with E-state index in [0.717, 1.165) is 55.5 Å². The lowest BCUT2D eigenvalue weighted by Gasteiger charge is -2.26. The Morgan fingerprint density at radius 1 is 0.973 bits per heavy atom. The van der Waals surface area contributed by atoms with Gasteiger partial charge in [0.2, 0.25) is 5.91 Å². The second-order valence-electron chi connectivity index (χ2n) is 9.59. The lowest BCUT2D eigenvalue weighted by Crippen LogP contribution is -2.35. The van der Waals surface area contributed by atoms with E-state index in [0.29, 0.717) is 35.7 Å². The number of hydrogen-bond acceptors (Lipinski definition) is 5. The first-order chi connectivity index (χ1) is 18.0. The van der Waals surface area contributed by atoms with Crippen LogP contribution in [0.2, 0.25) is 0 Å². The largest absolute Gasteiger partial charge is 0.339 e. The van der Waals surface area contributed by atoms with E-state index in [4.69, 9.17) is 10.8 Å². The topological polar surface area (TPSA) is 104 Å². The number of amides is 2. The number of nitrogens with zero attached hydrogens (tertiary/aromatic N) is 5. The maximum absolute atomic E-state index is 13.3. The minimum atomic E-state index is -0.00508. The van der Waals surface area contributed by atoms with Gasteiger partial charge in [0.15, 0.2) is 5.84 Å². The lowest BCUT2D eigenvalue weighted by molar-refractivity contribution is -0.127. The monoisotopic (exact) mass is 500 g/mol. The van der Waals surface area contributed by atoms with E-state index < -0.39 is 0 Å². The van der Waals surface area contributed by atoms with Gasteiger partial charge in [-0.15, -0.1) is 5.11 Å². The van der Waals surface area contributed by atoms with E-state index in [1.165, 1.54) is 6.42 Å². The van der Waals surface area contributed by atoms with Crippen LogP contribution in [0.15, 0.2) is 63.4 Å². The smallest absolute Gasteiger partial charge is 0.253 e. The summed E-state index contributed by atoms with van der Waals surface area (Å²) in [5.74, 6) is 5.84. The van der Waals surface area contributed by atoms with Crippen LogP contribution >= 0.6 is 0 Å². The van der Waals surface area contributed by atoms with Crippen molar-refractivity contribution in [1.29, 1.82) is 0 Å². The fourth-order valence-corrected chi connectivity index (χ4v) is 4.93. The standard InChI is InChI=1S/C29H36N6O2/c1-3-14-34(15-4-2)29(37)25-18-24-13-12-23(19-26(24)31-27(20-25)32-33-30)21-8-10-22(11-9-21)28(36)35-16-6-5-7-17-35/h8-13,18-19H,3-7,14-17,20H2,1-2H3,(H2,30,31,32). The second kappa shape index (κ2) is 12.4. The zero-order valence-electron chi connectivity index (χ0n) is 21.8. The van der Waals surface area contributed by atoms with Gasteiger partial charge in [-0.2, -0.15) is 0 Å². The summed E-state index contributed by atoms with van der Waals surface area (Å²) in [4.78, 5) is 34.7. The normalized spacial score (nSPS) is 15.6. The van der Waals surface area contributed by atoms with Crippen LogP contribution in [0.4, 0.5) is 5.69 Å². The number of rotatable bonds is 7. The molecule has 0 unspecified atom stereocenters. The molecule has 2 N–H and O–H groups in total. The number of hydrogen-bond donors (Lipinski definition) is 1. The van der Waals surface area contributed by atoms with Crippen molar-refractivity contribution < 1.29 is 9.59 Å². The summed E-state index contributed by atoms with van der Waals surface area (Å²) in [6.45, 7) is 7.21. The van der Waals surface area contributed by atoms with Gasteiger partial charge in [-0.3, -0.25) is 9.59 Å². The van der Waals surface area contributed by atoms with Crippen molar-refractivity contribution >= 4 is 29.4 Å². The molecular weight excluding hydrogens is 464 g/mol. The molecule has 37 heavy (non-hydrogen) atoms. The number of nitrogens with two attached hydrogens (primary N) is 1. The molecule has 2 heterocycles. The highest BCUT2D eigenvalue weighted by molar-refractivity contribution is 6.06. The van der Waals surface area contributed by atoms with Crippen molar-refractivity contribution in [3.8, 4) is 11.1 Å². The SMILES string of the molecule is CCCN(CCC)C(=O)C1=Cc2ccc(-c3ccc(C(=O)N4CCCCC4)cc3)cc2N=C(N=NN)C1.